The first kappa shape index (κ1) is 18.5. The van der Waals surface area contributed by atoms with Gasteiger partial charge >= 0.3 is 0 Å². The fraction of sp³-hybridized carbons (Fsp3) is 0.158. The molecule has 0 aliphatic rings. The third-order valence-corrected chi connectivity index (χ3v) is 4.30. The summed E-state index contributed by atoms with van der Waals surface area (Å²) in [5.74, 6) is -3.06. The summed E-state index contributed by atoms with van der Waals surface area (Å²) in [6, 6.07) is 9.12. The minimum absolute atomic E-state index is 0.0220. The number of anilines is 2. The van der Waals surface area contributed by atoms with Crippen molar-refractivity contribution >= 4 is 23.2 Å². The average molecular weight is 397 g/mol. The van der Waals surface area contributed by atoms with E-state index in [0.29, 0.717) is 11.3 Å². The second kappa shape index (κ2) is 6.97. The maximum Gasteiger partial charge on any atom is 0.270 e. The molecular weight excluding hydrogens is 380 g/mol. The van der Waals surface area contributed by atoms with Gasteiger partial charge in [-0.05, 0) is 29.8 Å². The first-order chi connectivity index (χ1) is 13.8. The van der Waals surface area contributed by atoms with Crippen molar-refractivity contribution in [2.45, 2.75) is 19.4 Å². The van der Waals surface area contributed by atoms with Crippen LogP contribution in [0.2, 0.25) is 0 Å². The van der Waals surface area contributed by atoms with Crippen LogP contribution < -0.4 is 11.1 Å². The van der Waals surface area contributed by atoms with Gasteiger partial charge in [-0.3, -0.25) is 9.48 Å². The van der Waals surface area contributed by atoms with E-state index in [-0.39, 0.29) is 24.0 Å². The third kappa shape index (κ3) is 4.05. The number of pyridine rings is 1. The Morgan fingerprint density at radius 2 is 1.97 bits per heavy atom. The molecule has 3 heterocycles. The predicted octanol–water partition coefficient (Wildman–Crippen LogP) is 2.93. The van der Waals surface area contributed by atoms with Crippen LogP contribution in [-0.2, 0) is 17.3 Å². The highest BCUT2D eigenvalue weighted by atomic mass is 19.3. The monoisotopic (exact) mass is 397 g/mol. The topological polar surface area (TPSA) is 103 Å². The Morgan fingerprint density at radius 3 is 2.69 bits per heavy atom. The molecule has 0 spiro atoms. The molecule has 1 amide bonds. The van der Waals surface area contributed by atoms with Gasteiger partial charge in [-0.25, -0.2) is 13.3 Å². The molecule has 29 heavy (non-hydrogen) atoms. The van der Waals surface area contributed by atoms with E-state index in [1.54, 1.807) is 23.1 Å². The van der Waals surface area contributed by atoms with Crippen molar-refractivity contribution in [1.82, 2.24) is 24.4 Å². The summed E-state index contributed by atoms with van der Waals surface area (Å²) in [7, 11) is 0. The fourth-order valence-electron chi connectivity index (χ4n) is 2.87. The van der Waals surface area contributed by atoms with Crippen molar-refractivity contribution < 1.29 is 13.6 Å². The number of fused-ring (bicyclic) bond motifs is 1. The second-order valence-corrected chi connectivity index (χ2v) is 6.63. The normalized spacial score (nSPS) is 11.7. The molecule has 0 aliphatic carbocycles. The average Bonchev–Trinajstić information content (AvgIpc) is 3.26. The first-order valence-electron chi connectivity index (χ1n) is 8.71. The number of halogens is 2. The summed E-state index contributed by atoms with van der Waals surface area (Å²) in [5.41, 5.74) is 8.17. The third-order valence-electron chi connectivity index (χ3n) is 4.30. The highest BCUT2D eigenvalue weighted by Gasteiger charge is 2.23. The number of nitrogens with zero attached hydrogens (tertiary/aromatic N) is 5. The quantitative estimate of drug-likeness (QED) is 0.539. The molecule has 4 aromatic rings. The molecule has 10 heteroatoms. The summed E-state index contributed by atoms with van der Waals surface area (Å²) in [6.07, 6.45) is 5.10. The molecule has 1 aromatic carbocycles. The lowest BCUT2D eigenvalue weighted by molar-refractivity contribution is -0.116. The molecule has 3 aromatic heterocycles. The van der Waals surface area contributed by atoms with Gasteiger partial charge in [0.1, 0.15) is 6.54 Å². The lowest BCUT2D eigenvalue weighted by atomic mass is 10.1. The zero-order valence-electron chi connectivity index (χ0n) is 15.4. The number of nitrogens with two attached hydrogens (primary N) is 1. The molecule has 0 atom stereocenters. The first-order valence-corrected chi connectivity index (χ1v) is 8.71. The number of aromatic nitrogens is 5. The van der Waals surface area contributed by atoms with Crippen LogP contribution in [-0.4, -0.2) is 30.3 Å². The summed E-state index contributed by atoms with van der Waals surface area (Å²) < 4.78 is 29.6. The minimum atomic E-state index is -2.92. The zero-order chi connectivity index (χ0) is 20.6. The largest absolute Gasteiger partial charge is 0.366 e. The predicted molar refractivity (Wildman–Crippen MR) is 103 cm³/mol. The van der Waals surface area contributed by atoms with E-state index in [2.05, 4.69) is 20.5 Å². The molecule has 8 nitrogen and oxygen atoms in total. The number of carbonyl (C=O) groups excluding carboxylic acids is 1. The number of nitrogens with one attached hydrogen (secondary N) is 1. The Morgan fingerprint density at radius 1 is 1.21 bits per heavy atom. The van der Waals surface area contributed by atoms with Gasteiger partial charge in [0.05, 0.1) is 6.20 Å². The van der Waals surface area contributed by atoms with Gasteiger partial charge in [0, 0.05) is 36.1 Å². The fourth-order valence-corrected chi connectivity index (χ4v) is 2.87. The van der Waals surface area contributed by atoms with Gasteiger partial charge in [0.25, 0.3) is 5.92 Å². The highest BCUT2D eigenvalue weighted by Crippen LogP contribution is 2.27. The number of alkyl halides is 2. The zero-order valence-corrected chi connectivity index (χ0v) is 15.4. The van der Waals surface area contributed by atoms with Gasteiger partial charge < -0.3 is 11.1 Å². The molecule has 0 radical (unpaired) electrons. The molecule has 0 saturated carbocycles. The van der Waals surface area contributed by atoms with E-state index in [9.17, 15) is 13.6 Å². The molecule has 4 rings (SSSR count). The number of benzene rings is 1. The second-order valence-electron chi connectivity index (χ2n) is 6.63. The van der Waals surface area contributed by atoms with E-state index in [4.69, 9.17) is 5.73 Å². The van der Waals surface area contributed by atoms with Crippen LogP contribution in [0.15, 0.2) is 55.0 Å². The summed E-state index contributed by atoms with van der Waals surface area (Å²) in [5, 5.41) is 10.9. The van der Waals surface area contributed by atoms with Crippen LogP contribution in [0.5, 0.6) is 0 Å². The van der Waals surface area contributed by atoms with Crippen LogP contribution in [0, 0.1) is 0 Å². The molecule has 0 fully saturated rings. The van der Waals surface area contributed by atoms with Gasteiger partial charge in [-0.1, -0.05) is 12.1 Å². The Kier molecular flexibility index (Phi) is 4.45. The van der Waals surface area contributed by atoms with Crippen LogP contribution >= 0.6 is 0 Å². The Labute approximate surface area is 164 Å². The number of hydrogen-bond acceptors (Lipinski definition) is 5. The van der Waals surface area contributed by atoms with Crippen molar-refractivity contribution in [3.05, 3.63) is 60.6 Å². The Hall–Kier alpha value is -3.82. The van der Waals surface area contributed by atoms with Crippen molar-refractivity contribution in [3.63, 3.8) is 0 Å². The smallest absolute Gasteiger partial charge is 0.270 e. The molecule has 148 valence electrons. The van der Waals surface area contributed by atoms with Crippen LogP contribution in [0.25, 0.3) is 16.8 Å². The van der Waals surface area contributed by atoms with E-state index in [1.807, 2.05) is 12.1 Å². The van der Waals surface area contributed by atoms with E-state index in [1.165, 1.54) is 28.9 Å². The molecule has 0 saturated heterocycles. The van der Waals surface area contributed by atoms with E-state index < -0.39 is 5.92 Å². The number of rotatable bonds is 5. The molecule has 0 aliphatic heterocycles. The number of nitrogen functional groups attached to an aromatic ring is 1. The number of carbonyl (C=O) groups is 1. The molecular formula is C19H17F2N7O. The van der Waals surface area contributed by atoms with Gasteiger partial charge in [-0.15, -0.1) is 5.10 Å². The van der Waals surface area contributed by atoms with Crippen molar-refractivity contribution in [1.29, 1.82) is 0 Å². The lowest BCUT2D eigenvalue weighted by Gasteiger charge is -2.11. The van der Waals surface area contributed by atoms with Crippen LogP contribution in [0.3, 0.4) is 0 Å². The van der Waals surface area contributed by atoms with Gasteiger partial charge in [0.2, 0.25) is 11.9 Å². The van der Waals surface area contributed by atoms with Crippen molar-refractivity contribution in [2.24, 2.45) is 0 Å². The maximum atomic E-state index is 13.3. The maximum absolute atomic E-state index is 13.3. The standard InChI is InChI=1S/C19H17F2N7O/c1-19(20,21)14-2-4-15(5-3-14)24-17(29)11-27-10-13(9-23-27)12-6-7-28-16(8-12)25-18(22)26-28/h2-10H,11H2,1H3,(H2,22,26)(H,24,29). The molecule has 0 unspecified atom stereocenters. The van der Waals surface area contributed by atoms with Crippen LogP contribution in [0.4, 0.5) is 20.4 Å². The van der Waals surface area contributed by atoms with Gasteiger partial charge in [-0.2, -0.15) is 10.1 Å². The van der Waals surface area contributed by atoms with Crippen molar-refractivity contribution in [2.75, 3.05) is 11.1 Å². The van der Waals surface area contributed by atoms with Gasteiger partial charge in [0.15, 0.2) is 5.65 Å². The molecule has 3 N–H and O–H groups in total. The summed E-state index contributed by atoms with van der Waals surface area (Å²) in [6.45, 7) is 0.803. The highest BCUT2D eigenvalue weighted by molar-refractivity contribution is 5.90. The van der Waals surface area contributed by atoms with Crippen LogP contribution in [0.1, 0.15) is 12.5 Å². The van der Waals surface area contributed by atoms with E-state index in [0.717, 1.165) is 18.1 Å². The molecule has 0 bridgehead atoms. The SMILES string of the molecule is CC(F)(F)c1ccc(NC(=O)Cn2cc(-c3ccn4nc(N)nc4c3)cn2)cc1. The lowest BCUT2D eigenvalue weighted by Crippen LogP contribution is -2.19. The Balaban J connectivity index is 1.43. The van der Waals surface area contributed by atoms with Crippen molar-refractivity contribution in [3.8, 4) is 11.1 Å². The number of amides is 1. The summed E-state index contributed by atoms with van der Waals surface area (Å²) in [4.78, 5) is 16.3. The van der Waals surface area contributed by atoms with E-state index >= 15 is 0 Å². The minimum Gasteiger partial charge on any atom is -0.366 e. The number of hydrogen-bond donors (Lipinski definition) is 2. The Bertz CT molecular complexity index is 1180. The summed E-state index contributed by atoms with van der Waals surface area (Å²) >= 11 is 0.